The van der Waals surface area contributed by atoms with Crippen molar-refractivity contribution in [1.82, 2.24) is 0 Å². The van der Waals surface area contributed by atoms with Crippen LogP contribution in [0.15, 0.2) is 24.8 Å². The standard InChI is InChI=1S/C26H44/c1-3-21-9-11-23(12-10-21)7-5-6-8-24-15-19-26(20-16-24)25-17-13-22(4-2)14-18-25/h3,5,7,21-26H,1,4,6,8-20H2,2H3/b7-5+. The Bertz CT molecular complexity index is 409. The molecular formula is C26H44. The van der Waals surface area contributed by atoms with Gasteiger partial charge < -0.3 is 0 Å². The van der Waals surface area contributed by atoms with Crippen LogP contribution in [0.25, 0.3) is 0 Å². The van der Waals surface area contributed by atoms with E-state index in [1.807, 2.05) is 0 Å². The van der Waals surface area contributed by atoms with Crippen molar-refractivity contribution >= 4 is 0 Å². The minimum Gasteiger partial charge on any atom is -0.103 e. The molecule has 0 saturated heterocycles. The van der Waals surface area contributed by atoms with E-state index in [1.165, 1.54) is 70.6 Å². The summed E-state index contributed by atoms with van der Waals surface area (Å²) in [7, 11) is 0. The zero-order chi connectivity index (χ0) is 18.2. The highest BCUT2D eigenvalue weighted by atomic mass is 14.4. The van der Waals surface area contributed by atoms with Crippen LogP contribution in [-0.4, -0.2) is 0 Å². The van der Waals surface area contributed by atoms with Gasteiger partial charge in [0.1, 0.15) is 0 Å². The maximum Gasteiger partial charge on any atom is -0.0233 e. The summed E-state index contributed by atoms with van der Waals surface area (Å²) in [6.07, 6.45) is 29.2. The third kappa shape index (κ3) is 6.00. The van der Waals surface area contributed by atoms with Gasteiger partial charge in [-0.15, -0.1) is 6.58 Å². The fraction of sp³-hybridized carbons (Fsp3) is 0.846. The highest BCUT2D eigenvalue weighted by Gasteiger charge is 2.30. The first-order valence-corrected chi connectivity index (χ1v) is 12.1. The summed E-state index contributed by atoms with van der Waals surface area (Å²) in [6, 6.07) is 0. The largest absolute Gasteiger partial charge is 0.103 e. The highest BCUT2D eigenvalue weighted by Crippen LogP contribution is 2.42. The fourth-order valence-corrected chi connectivity index (χ4v) is 6.21. The van der Waals surface area contributed by atoms with E-state index in [4.69, 9.17) is 0 Å². The Balaban J connectivity index is 1.27. The van der Waals surface area contributed by atoms with E-state index in [0.29, 0.717) is 0 Å². The number of hydrogen-bond donors (Lipinski definition) is 0. The Kier molecular flexibility index (Phi) is 8.34. The SMILES string of the molecule is C=CC1CCC(/C=C/CCC2CCC(C3CCC(CC)CC3)CC2)CC1. The van der Waals surface area contributed by atoms with Gasteiger partial charge in [-0.2, -0.15) is 0 Å². The molecule has 0 amide bonds. The third-order valence-corrected chi connectivity index (χ3v) is 8.33. The van der Waals surface area contributed by atoms with Gasteiger partial charge in [0, 0.05) is 0 Å². The number of rotatable bonds is 7. The maximum atomic E-state index is 3.96. The zero-order valence-electron chi connectivity index (χ0n) is 17.5. The monoisotopic (exact) mass is 356 g/mol. The fourth-order valence-electron chi connectivity index (χ4n) is 6.21. The molecule has 0 heterocycles. The van der Waals surface area contributed by atoms with Crippen molar-refractivity contribution in [2.24, 2.45) is 35.5 Å². The number of allylic oxidation sites excluding steroid dienone is 3. The highest BCUT2D eigenvalue weighted by molar-refractivity contribution is 4.94. The Hall–Kier alpha value is -0.520. The van der Waals surface area contributed by atoms with Crippen LogP contribution in [0, 0.1) is 35.5 Å². The molecule has 3 saturated carbocycles. The van der Waals surface area contributed by atoms with E-state index >= 15 is 0 Å². The zero-order valence-corrected chi connectivity index (χ0v) is 17.5. The van der Waals surface area contributed by atoms with Gasteiger partial charge in [-0.3, -0.25) is 0 Å². The van der Waals surface area contributed by atoms with Gasteiger partial charge in [0.05, 0.1) is 0 Å². The van der Waals surface area contributed by atoms with Crippen LogP contribution in [0.2, 0.25) is 0 Å². The lowest BCUT2D eigenvalue weighted by molar-refractivity contribution is 0.143. The Morgan fingerprint density at radius 2 is 1.23 bits per heavy atom. The van der Waals surface area contributed by atoms with Crippen molar-refractivity contribution in [3.8, 4) is 0 Å². The molecule has 0 bridgehead atoms. The van der Waals surface area contributed by atoms with Crippen molar-refractivity contribution < 1.29 is 0 Å². The van der Waals surface area contributed by atoms with Gasteiger partial charge in [-0.05, 0) is 99.7 Å². The van der Waals surface area contributed by atoms with Crippen LogP contribution >= 0.6 is 0 Å². The maximum absolute atomic E-state index is 3.96. The molecule has 0 aliphatic heterocycles. The predicted molar refractivity (Wildman–Crippen MR) is 115 cm³/mol. The molecule has 148 valence electrons. The summed E-state index contributed by atoms with van der Waals surface area (Å²) in [5, 5.41) is 0. The second kappa shape index (κ2) is 10.7. The Morgan fingerprint density at radius 1 is 0.692 bits per heavy atom. The molecule has 0 unspecified atom stereocenters. The molecule has 0 aromatic rings. The summed E-state index contributed by atoms with van der Waals surface area (Å²) < 4.78 is 0. The van der Waals surface area contributed by atoms with Crippen LogP contribution in [0.1, 0.15) is 103 Å². The van der Waals surface area contributed by atoms with Crippen LogP contribution in [0.3, 0.4) is 0 Å². The van der Waals surface area contributed by atoms with Crippen LogP contribution in [-0.2, 0) is 0 Å². The minimum absolute atomic E-state index is 0.798. The minimum atomic E-state index is 0.798. The first-order valence-electron chi connectivity index (χ1n) is 12.1. The van der Waals surface area contributed by atoms with E-state index in [-0.39, 0.29) is 0 Å². The van der Waals surface area contributed by atoms with Crippen molar-refractivity contribution in [2.45, 2.75) is 103 Å². The van der Waals surface area contributed by atoms with E-state index in [1.54, 1.807) is 25.7 Å². The second-order valence-electron chi connectivity index (χ2n) is 9.89. The molecule has 0 radical (unpaired) electrons. The summed E-state index contributed by atoms with van der Waals surface area (Å²) in [6.45, 7) is 6.35. The number of hydrogen-bond acceptors (Lipinski definition) is 0. The smallest absolute Gasteiger partial charge is 0.0233 e. The van der Waals surface area contributed by atoms with Gasteiger partial charge in [-0.25, -0.2) is 0 Å². The van der Waals surface area contributed by atoms with Crippen LogP contribution in [0.4, 0.5) is 0 Å². The third-order valence-electron chi connectivity index (χ3n) is 8.33. The lowest BCUT2D eigenvalue weighted by Crippen LogP contribution is -2.25. The molecule has 0 spiro atoms. The first kappa shape index (κ1) is 20.2. The van der Waals surface area contributed by atoms with Gasteiger partial charge in [0.2, 0.25) is 0 Å². The Morgan fingerprint density at radius 3 is 1.77 bits per heavy atom. The van der Waals surface area contributed by atoms with Crippen LogP contribution < -0.4 is 0 Å². The summed E-state index contributed by atoms with van der Waals surface area (Å²) in [4.78, 5) is 0. The summed E-state index contributed by atoms with van der Waals surface area (Å²) in [5.74, 6) is 5.91. The molecule has 3 aliphatic rings. The molecule has 3 fully saturated rings. The van der Waals surface area contributed by atoms with Crippen molar-refractivity contribution in [3.05, 3.63) is 24.8 Å². The van der Waals surface area contributed by atoms with E-state index in [9.17, 15) is 0 Å². The summed E-state index contributed by atoms with van der Waals surface area (Å²) in [5.41, 5.74) is 0. The quantitative estimate of drug-likeness (QED) is 0.402. The molecule has 0 aromatic heterocycles. The molecule has 0 atom stereocenters. The normalized spacial score (nSPS) is 39.1. The Labute approximate surface area is 163 Å². The molecule has 3 rings (SSSR count). The average Bonchev–Trinajstić information content (AvgIpc) is 2.72. The molecule has 0 nitrogen and oxygen atoms in total. The van der Waals surface area contributed by atoms with E-state index in [0.717, 1.165) is 35.5 Å². The van der Waals surface area contributed by atoms with E-state index < -0.39 is 0 Å². The topological polar surface area (TPSA) is 0 Å². The molecule has 0 aromatic carbocycles. The average molecular weight is 357 g/mol. The predicted octanol–water partition coefficient (Wildman–Crippen LogP) is 8.34. The molecule has 3 aliphatic carbocycles. The lowest BCUT2D eigenvalue weighted by Gasteiger charge is -2.37. The molecule has 0 heteroatoms. The lowest BCUT2D eigenvalue weighted by atomic mass is 9.68. The van der Waals surface area contributed by atoms with Crippen LogP contribution in [0.5, 0.6) is 0 Å². The van der Waals surface area contributed by atoms with Gasteiger partial charge in [0.15, 0.2) is 0 Å². The molecule has 0 N–H and O–H groups in total. The van der Waals surface area contributed by atoms with Crippen molar-refractivity contribution in [3.63, 3.8) is 0 Å². The van der Waals surface area contributed by atoms with Gasteiger partial charge >= 0.3 is 0 Å². The van der Waals surface area contributed by atoms with Crippen molar-refractivity contribution in [2.75, 3.05) is 0 Å². The first-order chi connectivity index (χ1) is 12.8. The van der Waals surface area contributed by atoms with E-state index in [2.05, 4.69) is 31.7 Å². The van der Waals surface area contributed by atoms with Gasteiger partial charge in [-0.1, -0.05) is 57.3 Å². The molecule has 26 heavy (non-hydrogen) atoms. The van der Waals surface area contributed by atoms with Crippen molar-refractivity contribution in [1.29, 1.82) is 0 Å². The summed E-state index contributed by atoms with van der Waals surface area (Å²) >= 11 is 0. The molecular weight excluding hydrogens is 312 g/mol. The second-order valence-corrected chi connectivity index (χ2v) is 9.89. The van der Waals surface area contributed by atoms with Gasteiger partial charge in [0.25, 0.3) is 0 Å².